The number of fused-ring (bicyclic) bond motifs is 1. The van der Waals surface area contributed by atoms with E-state index in [0.29, 0.717) is 11.3 Å². The maximum absolute atomic E-state index is 11.8. The lowest BCUT2D eigenvalue weighted by molar-refractivity contribution is -0.135. The molecule has 0 aromatic heterocycles. The van der Waals surface area contributed by atoms with Crippen LogP contribution in [0.15, 0.2) is 30.3 Å². The fraction of sp³-hybridized carbons (Fsp3) is 0.235. The molecule has 0 spiro atoms. The highest BCUT2D eigenvalue weighted by molar-refractivity contribution is 5.79. The zero-order valence-corrected chi connectivity index (χ0v) is 11.9. The second-order valence-corrected chi connectivity index (χ2v) is 5.47. The molecule has 0 fully saturated rings. The lowest BCUT2D eigenvalue weighted by Gasteiger charge is -2.26. The second kappa shape index (κ2) is 4.81. The number of aromatic hydroxyl groups is 2. The summed E-state index contributed by atoms with van der Waals surface area (Å²) < 4.78 is 5.25. The van der Waals surface area contributed by atoms with Crippen LogP contribution in [0.1, 0.15) is 34.6 Å². The van der Waals surface area contributed by atoms with Crippen molar-refractivity contribution in [2.75, 3.05) is 0 Å². The highest BCUT2D eigenvalue weighted by atomic mass is 16.5. The number of ether oxygens (including phenoxy) is 1. The van der Waals surface area contributed by atoms with Crippen molar-refractivity contribution in [1.82, 2.24) is 0 Å². The normalized spacial score (nSPS) is 17.2. The van der Waals surface area contributed by atoms with Gasteiger partial charge in [0.05, 0.1) is 6.42 Å². The molecule has 2 aromatic rings. The van der Waals surface area contributed by atoms with E-state index in [0.717, 1.165) is 16.7 Å². The van der Waals surface area contributed by atoms with E-state index in [-0.39, 0.29) is 29.8 Å². The van der Waals surface area contributed by atoms with Crippen LogP contribution in [0.25, 0.3) is 0 Å². The average Bonchev–Trinajstić information content (AvgIpc) is 2.40. The van der Waals surface area contributed by atoms with E-state index in [4.69, 9.17) is 4.74 Å². The molecule has 2 N–H and O–H groups in total. The molecular weight excluding hydrogens is 268 g/mol. The summed E-state index contributed by atoms with van der Waals surface area (Å²) in [7, 11) is 0. The molecule has 1 aliphatic heterocycles. The van der Waals surface area contributed by atoms with Crippen LogP contribution < -0.4 is 4.74 Å². The Morgan fingerprint density at radius 2 is 1.86 bits per heavy atom. The van der Waals surface area contributed by atoms with Gasteiger partial charge in [-0.15, -0.1) is 0 Å². The first-order chi connectivity index (χ1) is 9.95. The van der Waals surface area contributed by atoms with Crippen LogP contribution in [0.4, 0.5) is 0 Å². The Morgan fingerprint density at radius 3 is 2.57 bits per heavy atom. The third-order valence-corrected chi connectivity index (χ3v) is 3.83. The number of carbonyl (C=O) groups is 1. The number of phenols is 2. The van der Waals surface area contributed by atoms with Crippen molar-refractivity contribution < 1.29 is 19.7 Å². The molecule has 0 amide bonds. The maximum atomic E-state index is 11.8. The van der Waals surface area contributed by atoms with Gasteiger partial charge in [0, 0.05) is 11.5 Å². The minimum Gasteiger partial charge on any atom is -0.508 e. The number of phenolic OH excluding ortho intramolecular Hbond substituents is 2. The molecule has 1 heterocycles. The Bertz CT molecular complexity index is 734. The first kappa shape index (κ1) is 13.5. The number of benzene rings is 2. The SMILES string of the molecule is Cc1cc(O)c2c(c1)OC(=O)C[C@H]2c1ccc(O)c(C)c1. The number of carbonyl (C=O) groups excluding carboxylic acids is 1. The van der Waals surface area contributed by atoms with Crippen LogP contribution in [0.5, 0.6) is 17.2 Å². The smallest absolute Gasteiger partial charge is 0.312 e. The molecule has 21 heavy (non-hydrogen) atoms. The molecule has 0 saturated carbocycles. The molecule has 0 unspecified atom stereocenters. The zero-order valence-electron chi connectivity index (χ0n) is 11.9. The predicted octanol–water partition coefficient (Wildman–Crippen LogP) is 3.16. The van der Waals surface area contributed by atoms with E-state index in [1.807, 2.05) is 13.0 Å². The van der Waals surface area contributed by atoms with Crippen molar-refractivity contribution >= 4 is 5.97 Å². The van der Waals surface area contributed by atoms with Gasteiger partial charge >= 0.3 is 5.97 Å². The fourth-order valence-electron chi connectivity index (χ4n) is 2.79. The van der Waals surface area contributed by atoms with Crippen LogP contribution >= 0.6 is 0 Å². The van der Waals surface area contributed by atoms with Gasteiger partial charge in [-0.05, 0) is 48.7 Å². The molecule has 0 radical (unpaired) electrons. The monoisotopic (exact) mass is 284 g/mol. The van der Waals surface area contributed by atoms with Gasteiger partial charge in [0.15, 0.2) is 0 Å². The Kier molecular flexibility index (Phi) is 3.09. The Balaban J connectivity index is 2.16. The van der Waals surface area contributed by atoms with Crippen molar-refractivity contribution in [1.29, 1.82) is 0 Å². The maximum Gasteiger partial charge on any atom is 0.312 e. The van der Waals surface area contributed by atoms with Crippen molar-refractivity contribution in [3.05, 3.63) is 52.6 Å². The van der Waals surface area contributed by atoms with E-state index in [2.05, 4.69) is 0 Å². The summed E-state index contributed by atoms with van der Waals surface area (Å²) in [4.78, 5) is 11.8. The zero-order chi connectivity index (χ0) is 15.1. The summed E-state index contributed by atoms with van der Waals surface area (Å²) in [6.45, 7) is 3.64. The lowest BCUT2D eigenvalue weighted by Crippen LogP contribution is -2.21. The average molecular weight is 284 g/mol. The quantitative estimate of drug-likeness (QED) is 0.623. The molecular formula is C17H16O4. The molecule has 0 aliphatic carbocycles. The number of hydrogen-bond donors (Lipinski definition) is 2. The minimum atomic E-state index is -0.316. The predicted molar refractivity (Wildman–Crippen MR) is 77.8 cm³/mol. The van der Waals surface area contributed by atoms with Crippen molar-refractivity contribution in [3.63, 3.8) is 0 Å². The summed E-state index contributed by atoms with van der Waals surface area (Å²) in [5.41, 5.74) is 3.08. The highest BCUT2D eigenvalue weighted by Gasteiger charge is 2.31. The first-order valence-corrected chi connectivity index (χ1v) is 6.79. The van der Waals surface area contributed by atoms with Gasteiger partial charge in [-0.3, -0.25) is 4.79 Å². The van der Waals surface area contributed by atoms with Crippen LogP contribution in [0.2, 0.25) is 0 Å². The minimum absolute atomic E-state index is 0.133. The van der Waals surface area contributed by atoms with Gasteiger partial charge in [0.2, 0.25) is 0 Å². The van der Waals surface area contributed by atoms with E-state index >= 15 is 0 Å². The number of aryl methyl sites for hydroxylation is 2. The molecule has 1 aliphatic rings. The molecule has 0 bridgehead atoms. The van der Waals surface area contributed by atoms with Gasteiger partial charge in [-0.25, -0.2) is 0 Å². The summed E-state index contributed by atoms with van der Waals surface area (Å²) in [6.07, 6.45) is 0.174. The molecule has 3 rings (SSSR count). The highest BCUT2D eigenvalue weighted by Crippen LogP contribution is 2.44. The van der Waals surface area contributed by atoms with Crippen molar-refractivity contribution in [2.45, 2.75) is 26.2 Å². The Hall–Kier alpha value is -2.49. The molecule has 2 aromatic carbocycles. The molecule has 4 nitrogen and oxygen atoms in total. The topological polar surface area (TPSA) is 66.8 Å². The third kappa shape index (κ3) is 2.33. The third-order valence-electron chi connectivity index (χ3n) is 3.83. The van der Waals surface area contributed by atoms with E-state index < -0.39 is 0 Å². The molecule has 1 atom stereocenters. The van der Waals surface area contributed by atoms with E-state index in [1.54, 1.807) is 31.2 Å². The molecule has 0 saturated heterocycles. The molecule has 108 valence electrons. The van der Waals surface area contributed by atoms with Gasteiger partial charge in [-0.2, -0.15) is 0 Å². The number of rotatable bonds is 1. The Labute approximate surface area is 122 Å². The van der Waals surface area contributed by atoms with Gasteiger partial charge in [0.25, 0.3) is 0 Å². The van der Waals surface area contributed by atoms with Crippen molar-refractivity contribution in [2.24, 2.45) is 0 Å². The van der Waals surface area contributed by atoms with Crippen molar-refractivity contribution in [3.8, 4) is 17.2 Å². The number of hydrogen-bond acceptors (Lipinski definition) is 4. The molecule has 4 heteroatoms. The largest absolute Gasteiger partial charge is 0.508 e. The Morgan fingerprint density at radius 1 is 1.10 bits per heavy atom. The van der Waals surface area contributed by atoms with Gasteiger partial charge in [0.1, 0.15) is 17.2 Å². The summed E-state index contributed by atoms with van der Waals surface area (Å²) in [6, 6.07) is 8.64. The lowest BCUT2D eigenvalue weighted by atomic mass is 9.84. The van der Waals surface area contributed by atoms with Crippen LogP contribution in [-0.4, -0.2) is 16.2 Å². The second-order valence-electron chi connectivity index (χ2n) is 5.47. The van der Waals surface area contributed by atoms with Crippen LogP contribution in [0.3, 0.4) is 0 Å². The number of esters is 1. The van der Waals surface area contributed by atoms with Gasteiger partial charge < -0.3 is 14.9 Å². The van der Waals surface area contributed by atoms with E-state index in [9.17, 15) is 15.0 Å². The first-order valence-electron chi connectivity index (χ1n) is 6.79. The summed E-state index contributed by atoms with van der Waals surface area (Å²) in [5.74, 6) is 0.183. The van der Waals surface area contributed by atoms with Crippen LogP contribution in [0, 0.1) is 13.8 Å². The van der Waals surface area contributed by atoms with E-state index in [1.165, 1.54) is 0 Å². The summed E-state index contributed by atoms with van der Waals surface area (Å²) in [5, 5.41) is 19.9. The van der Waals surface area contributed by atoms with Gasteiger partial charge in [-0.1, -0.05) is 12.1 Å². The standard InChI is InChI=1S/C17H16O4/c1-9-5-14(19)17-12(8-16(20)21-15(17)6-9)11-3-4-13(18)10(2)7-11/h3-7,12,18-19H,8H2,1-2H3/t12-/m0/s1. The van der Waals surface area contributed by atoms with Crippen LogP contribution in [-0.2, 0) is 4.79 Å². The summed E-state index contributed by atoms with van der Waals surface area (Å²) >= 11 is 0. The fourth-order valence-corrected chi connectivity index (χ4v) is 2.79.